The fraction of sp³-hybridized carbons (Fsp3) is 0.345. The molecule has 1 N–H and O–H groups in total. The van der Waals surface area contributed by atoms with Crippen LogP contribution in [-0.2, 0) is 14.4 Å². The maximum Gasteiger partial charge on any atom is 0.243 e. The van der Waals surface area contributed by atoms with E-state index in [1.54, 1.807) is 4.90 Å². The van der Waals surface area contributed by atoms with Gasteiger partial charge in [0.2, 0.25) is 17.7 Å². The number of carbonyl (C=O) groups is 3. The van der Waals surface area contributed by atoms with Crippen LogP contribution in [-0.4, -0.2) is 45.6 Å². The van der Waals surface area contributed by atoms with Gasteiger partial charge in [-0.15, -0.1) is 0 Å². The lowest BCUT2D eigenvalue weighted by Gasteiger charge is -2.39. The Balaban J connectivity index is 1.24. The van der Waals surface area contributed by atoms with Gasteiger partial charge in [-0.3, -0.25) is 19.3 Å². The van der Waals surface area contributed by atoms with Gasteiger partial charge in [-0.05, 0) is 48.4 Å². The first-order chi connectivity index (χ1) is 17.4. The smallest absolute Gasteiger partial charge is 0.243 e. The first-order valence-electron chi connectivity index (χ1n) is 12.6. The van der Waals surface area contributed by atoms with Crippen molar-refractivity contribution in [2.24, 2.45) is 23.7 Å². The van der Waals surface area contributed by atoms with E-state index in [-0.39, 0.29) is 59.9 Å². The molecule has 7 heteroatoms. The SMILES string of the molecule is CC1c2[nH]c3ccccc3c2C(c2ccccc2Cl)CN1C(=O)CN1C(=O)C2C3C=CC(C3)C2C1=O. The highest BCUT2D eigenvalue weighted by atomic mass is 35.5. The number of hydrogen-bond donors (Lipinski definition) is 1. The minimum absolute atomic E-state index is 0.129. The number of carbonyl (C=O) groups excluding carboxylic acids is 3. The van der Waals surface area contributed by atoms with Crippen LogP contribution in [0.1, 0.15) is 42.1 Å². The number of nitrogens with zero attached hydrogens (tertiary/aromatic N) is 2. The number of nitrogens with one attached hydrogen (secondary N) is 1. The lowest BCUT2D eigenvalue weighted by atomic mass is 9.83. The number of benzene rings is 2. The zero-order valence-electron chi connectivity index (χ0n) is 19.9. The van der Waals surface area contributed by atoms with Gasteiger partial charge in [0.25, 0.3) is 0 Å². The van der Waals surface area contributed by atoms with Gasteiger partial charge in [-0.1, -0.05) is 60.2 Å². The molecule has 182 valence electrons. The number of aromatic nitrogens is 1. The van der Waals surface area contributed by atoms with Crippen molar-refractivity contribution in [3.63, 3.8) is 0 Å². The van der Waals surface area contributed by atoms with E-state index < -0.39 is 0 Å². The number of hydrogen-bond acceptors (Lipinski definition) is 3. The average Bonchev–Trinajstić information content (AvgIpc) is 3.64. The van der Waals surface area contributed by atoms with Crippen molar-refractivity contribution in [3.05, 3.63) is 82.5 Å². The number of halogens is 1. The number of rotatable bonds is 3. The topological polar surface area (TPSA) is 73.5 Å². The summed E-state index contributed by atoms with van der Waals surface area (Å²) in [7, 11) is 0. The Hall–Kier alpha value is -3.38. The van der Waals surface area contributed by atoms with Gasteiger partial charge in [-0.25, -0.2) is 0 Å². The number of likely N-dealkylation sites (tertiary alicyclic amines) is 1. The minimum atomic E-state index is -0.296. The molecule has 0 spiro atoms. The van der Waals surface area contributed by atoms with Crippen molar-refractivity contribution in [2.75, 3.05) is 13.1 Å². The van der Waals surface area contributed by atoms with Crippen LogP contribution in [0.25, 0.3) is 10.9 Å². The molecule has 1 saturated carbocycles. The highest BCUT2D eigenvalue weighted by Gasteiger charge is 2.59. The molecular weight excluding hydrogens is 474 g/mol. The molecular formula is C29H26ClN3O3. The van der Waals surface area contributed by atoms with Gasteiger partial charge in [0.05, 0.1) is 17.9 Å². The third kappa shape index (κ3) is 2.94. The van der Waals surface area contributed by atoms with E-state index in [9.17, 15) is 14.4 Å². The van der Waals surface area contributed by atoms with E-state index in [2.05, 4.69) is 23.2 Å². The summed E-state index contributed by atoms with van der Waals surface area (Å²) < 4.78 is 0. The minimum Gasteiger partial charge on any atom is -0.356 e. The van der Waals surface area contributed by atoms with Crippen molar-refractivity contribution in [2.45, 2.75) is 25.3 Å². The number of fused-ring (bicyclic) bond motifs is 8. The zero-order chi connectivity index (χ0) is 24.7. The molecule has 7 rings (SSSR count). The summed E-state index contributed by atoms with van der Waals surface area (Å²) in [4.78, 5) is 46.7. The van der Waals surface area contributed by atoms with Crippen LogP contribution >= 0.6 is 11.6 Å². The first kappa shape index (κ1) is 21.9. The van der Waals surface area contributed by atoms with E-state index in [4.69, 9.17) is 11.6 Å². The third-order valence-corrected chi connectivity index (χ3v) is 9.19. The summed E-state index contributed by atoms with van der Waals surface area (Å²) in [6, 6.07) is 15.7. The molecule has 2 bridgehead atoms. The molecule has 6 atom stereocenters. The molecule has 6 unspecified atom stereocenters. The summed E-state index contributed by atoms with van der Waals surface area (Å²) >= 11 is 6.65. The van der Waals surface area contributed by atoms with Gasteiger partial charge in [0, 0.05) is 34.1 Å². The molecule has 2 fully saturated rings. The molecule has 6 nitrogen and oxygen atoms in total. The standard InChI is InChI=1S/C29H26ClN3O3/c1-15-27-26(19-7-3-5-9-22(19)31-27)20(18-6-2-4-8-21(18)30)13-32(15)23(34)14-33-28(35)24-16-10-11-17(12-16)25(24)29(33)36/h2-11,15-17,20,24-25,31H,12-14H2,1H3. The van der Waals surface area contributed by atoms with Crippen LogP contribution in [0.5, 0.6) is 0 Å². The first-order valence-corrected chi connectivity index (χ1v) is 13.0. The highest BCUT2D eigenvalue weighted by molar-refractivity contribution is 6.31. The summed E-state index contributed by atoms with van der Waals surface area (Å²) in [6.45, 7) is 2.22. The fourth-order valence-electron chi connectivity index (χ4n) is 7.17. The third-order valence-electron chi connectivity index (χ3n) is 8.85. The van der Waals surface area contributed by atoms with E-state index >= 15 is 0 Å². The molecule has 3 aromatic rings. The zero-order valence-corrected chi connectivity index (χ0v) is 20.6. The fourth-order valence-corrected chi connectivity index (χ4v) is 7.43. The van der Waals surface area contributed by atoms with Crippen molar-refractivity contribution in [3.8, 4) is 0 Å². The quantitative estimate of drug-likeness (QED) is 0.420. The second-order valence-electron chi connectivity index (χ2n) is 10.6. The Labute approximate surface area is 213 Å². The van der Waals surface area contributed by atoms with Gasteiger partial charge >= 0.3 is 0 Å². The summed E-state index contributed by atoms with van der Waals surface area (Å²) in [5, 5.41) is 1.78. The van der Waals surface area contributed by atoms with Crippen LogP contribution < -0.4 is 0 Å². The summed E-state index contributed by atoms with van der Waals surface area (Å²) in [5.74, 6) is -1.05. The molecule has 2 aliphatic heterocycles. The maximum absolute atomic E-state index is 13.8. The molecule has 2 aliphatic carbocycles. The Morgan fingerprint density at radius 2 is 1.67 bits per heavy atom. The predicted molar refractivity (Wildman–Crippen MR) is 136 cm³/mol. The monoisotopic (exact) mass is 499 g/mol. The van der Waals surface area contributed by atoms with Crippen molar-refractivity contribution in [1.82, 2.24) is 14.8 Å². The number of H-pyrrole nitrogens is 1. The van der Waals surface area contributed by atoms with Gasteiger partial charge in [0.1, 0.15) is 6.54 Å². The second-order valence-corrected chi connectivity index (χ2v) is 11.0. The lowest BCUT2D eigenvalue weighted by molar-refractivity contribution is -0.148. The van der Waals surface area contributed by atoms with Crippen LogP contribution in [0, 0.1) is 23.7 Å². The molecule has 1 aromatic heterocycles. The van der Waals surface area contributed by atoms with Crippen LogP contribution in [0.3, 0.4) is 0 Å². The molecule has 36 heavy (non-hydrogen) atoms. The number of para-hydroxylation sites is 1. The van der Waals surface area contributed by atoms with E-state index in [0.717, 1.165) is 34.1 Å². The van der Waals surface area contributed by atoms with Crippen LogP contribution in [0.2, 0.25) is 5.02 Å². The molecule has 3 heterocycles. The maximum atomic E-state index is 13.8. The Morgan fingerprint density at radius 1 is 1.00 bits per heavy atom. The summed E-state index contributed by atoms with van der Waals surface area (Å²) in [6.07, 6.45) is 5.02. The largest absolute Gasteiger partial charge is 0.356 e. The Kier molecular flexibility index (Phi) is 4.74. The van der Waals surface area contributed by atoms with Crippen molar-refractivity contribution < 1.29 is 14.4 Å². The highest BCUT2D eigenvalue weighted by Crippen LogP contribution is 2.52. The van der Waals surface area contributed by atoms with E-state index in [1.165, 1.54) is 4.90 Å². The van der Waals surface area contributed by atoms with E-state index in [0.29, 0.717) is 11.6 Å². The lowest BCUT2D eigenvalue weighted by Crippen LogP contribution is -2.47. The van der Waals surface area contributed by atoms with Crippen molar-refractivity contribution in [1.29, 1.82) is 0 Å². The van der Waals surface area contributed by atoms with E-state index in [1.807, 2.05) is 49.4 Å². The number of allylic oxidation sites excluding steroid dienone is 2. The number of imide groups is 1. The second kappa shape index (κ2) is 7.81. The van der Waals surface area contributed by atoms with Crippen molar-refractivity contribution >= 4 is 40.2 Å². The van der Waals surface area contributed by atoms with Crippen LogP contribution in [0.4, 0.5) is 0 Å². The van der Waals surface area contributed by atoms with Gasteiger partial charge in [-0.2, -0.15) is 0 Å². The predicted octanol–water partition coefficient (Wildman–Crippen LogP) is 4.66. The number of aromatic amines is 1. The Bertz CT molecular complexity index is 1450. The molecule has 1 saturated heterocycles. The summed E-state index contributed by atoms with van der Waals surface area (Å²) in [5.41, 5.74) is 4.10. The Morgan fingerprint density at radius 3 is 2.39 bits per heavy atom. The van der Waals surface area contributed by atoms with Crippen LogP contribution in [0.15, 0.2) is 60.7 Å². The number of amides is 3. The normalized spacial score (nSPS) is 30.4. The van der Waals surface area contributed by atoms with Gasteiger partial charge < -0.3 is 9.88 Å². The molecule has 4 aliphatic rings. The molecule has 0 radical (unpaired) electrons. The molecule has 2 aromatic carbocycles. The molecule has 3 amide bonds. The average molecular weight is 500 g/mol. The van der Waals surface area contributed by atoms with Gasteiger partial charge in [0.15, 0.2) is 0 Å².